The van der Waals surface area contributed by atoms with E-state index in [0.717, 1.165) is 38.8 Å². The highest BCUT2D eigenvalue weighted by Gasteiger charge is 2.22. The summed E-state index contributed by atoms with van der Waals surface area (Å²) < 4.78 is 11.9. The van der Waals surface area contributed by atoms with Crippen LogP contribution in [0.2, 0.25) is 0 Å². The summed E-state index contributed by atoms with van der Waals surface area (Å²) in [6, 6.07) is 9.93. The third-order valence-electron chi connectivity index (χ3n) is 4.91. The first-order valence-electron chi connectivity index (χ1n) is 9.62. The van der Waals surface area contributed by atoms with Crippen LogP contribution in [0.15, 0.2) is 30.3 Å². The van der Waals surface area contributed by atoms with Crippen LogP contribution >= 0.6 is 23.7 Å². The third-order valence-corrected chi connectivity index (χ3v) is 5.94. The number of likely N-dealkylation sites (N-methyl/N-ethyl adjacent to an activating group) is 1. The van der Waals surface area contributed by atoms with Gasteiger partial charge in [-0.2, -0.15) is 0 Å². The van der Waals surface area contributed by atoms with Gasteiger partial charge in [-0.1, -0.05) is 23.5 Å². The molecule has 0 unspecified atom stereocenters. The van der Waals surface area contributed by atoms with E-state index in [1.165, 1.54) is 5.56 Å². The molecule has 1 aliphatic heterocycles. The molecule has 0 aliphatic carbocycles. The molecule has 4 rings (SSSR count). The largest absolute Gasteiger partial charge is 0.454 e. The summed E-state index contributed by atoms with van der Waals surface area (Å²) in [5.74, 6) is 1.45. The molecule has 1 amide bonds. The number of amides is 1. The summed E-state index contributed by atoms with van der Waals surface area (Å²) >= 11 is 1.58. The summed E-state index contributed by atoms with van der Waals surface area (Å²) in [5, 5.41) is 0.751. The zero-order chi connectivity index (χ0) is 20.5. The van der Waals surface area contributed by atoms with E-state index in [1.54, 1.807) is 11.3 Å². The zero-order valence-corrected chi connectivity index (χ0v) is 19.2. The van der Waals surface area contributed by atoms with Gasteiger partial charge in [0.15, 0.2) is 16.6 Å². The number of carbonyl (C=O) groups is 1. The summed E-state index contributed by atoms with van der Waals surface area (Å²) in [7, 11) is 4.01. The molecule has 6 nitrogen and oxygen atoms in total. The highest BCUT2D eigenvalue weighted by atomic mass is 35.5. The number of fused-ring (bicyclic) bond motifs is 2. The van der Waals surface area contributed by atoms with Crippen LogP contribution in [-0.2, 0) is 11.2 Å². The van der Waals surface area contributed by atoms with Crippen molar-refractivity contribution in [1.82, 2.24) is 9.88 Å². The molecule has 0 spiro atoms. The number of anilines is 1. The Balaban J connectivity index is 0.00000256. The Morgan fingerprint density at radius 3 is 2.63 bits per heavy atom. The summed E-state index contributed by atoms with van der Waals surface area (Å²) in [6.45, 7) is 5.74. The molecule has 0 radical (unpaired) electrons. The van der Waals surface area contributed by atoms with Crippen LogP contribution in [-0.4, -0.2) is 49.8 Å². The van der Waals surface area contributed by atoms with Gasteiger partial charge in [-0.15, -0.1) is 12.4 Å². The van der Waals surface area contributed by atoms with E-state index in [4.69, 9.17) is 14.5 Å². The zero-order valence-electron chi connectivity index (χ0n) is 17.6. The highest BCUT2D eigenvalue weighted by molar-refractivity contribution is 7.22. The Labute approximate surface area is 186 Å². The maximum atomic E-state index is 13.3. The number of benzene rings is 2. The number of carbonyl (C=O) groups excluding carboxylic acids is 1. The smallest absolute Gasteiger partial charge is 0.233 e. The average molecular weight is 448 g/mol. The Hall–Kier alpha value is -2.35. The standard InChI is InChI=1S/C22H25N3O3S.ClH/c1-14-9-15(2)21-19(10-14)29-22(23-21)25(8-7-24(3)4)20(26)12-16-5-6-17-18(11-16)28-13-27-17;/h5-6,9-11H,7-8,12-13H2,1-4H3;1H. The van der Waals surface area contributed by atoms with Gasteiger partial charge in [-0.25, -0.2) is 4.98 Å². The molecule has 1 aliphatic rings. The molecule has 0 fully saturated rings. The SMILES string of the molecule is Cc1cc(C)c2nc(N(CCN(C)C)C(=O)Cc3ccc4c(c3)OCO4)sc2c1.Cl. The molecule has 8 heteroatoms. The average Bonchev–Trinajstić information content (AvgIpc) is 3.28. The number of aryl methyl sites for hydroxylation is 2. The number of hydrogen-bond donors (Lipinski definition) is 0. The summed E-state index contributed by atoms with van der Waals surface area (Å²) in [5.41, 5.74) is 4.22. The second kappa shape index (κ2) is 9.20. The Kier molecular flexibility index (Phi) is 6.85. The van der Waals surface area contributed by atoms with E-state index in [9.17, 15) is 4.79 Å². The predicted molar refractivity (Wildman–Crippen MR) is 124 cm³/mol. The van der Waals surface area contributed by atoms with Crippen molar-refractivity contribution in [2.75, 3.05) is 38.9 Å². The van der Waals surface area contributed by atoms with E-state index in [0.29, 0.717) is 12.3 Å². The number of hydrogen-bond acceptors (Lipinski definition) is 6. The van der Waals surface area contributed by atoms with Gasteiger partial charge in [-0.05, 0) is 62.8 Å². The van der Waals surface area contributed by atoms with Gasteiger partial charge in [0.2, 0.25) is 12.7 Å². The number of halogens is 1. The number of aromatic nitrogens is 1. The van der Waals surface area contributed by atoms with Crippen LogP contribution in [0.4, 0.5) is 5.13 Å². The van der Waals surface area contributed by atoms with Gasteiger partial charge in [0.05, 0.1) is 16.6 Å². The molecule has 0 saturated heterocycles. The van der Waals surface area contributed by atoms with Crippen molar-refractivity contribution in [3.05, 3.63) is 47.0 Å². The van der Waals surface area contributed by atoms with E-state index in [2.05, 4.69) is 30.9 Å². The topological polar surface area (TPSA) is 54.9 Å². The first-order chi connectivity index (χ1) is 13.9. The lowest BCUT2D eigenvalue weighted by molar-refractivity contribution is -0.118. The molecule has 2 heterocycles. The van der Waals surface area contributed by atoms with E-state index < -0.39 is 0 Å². The fraction of sp³-hybridized carbons (Fsp3) is 0.364. The quantitative estimate of drug-likeness (QED) is 0.566. The fourth-order valence-corrected chi connectivity index (χ4v) is 4.61. The molecule has 0 N–H and O–H groups in total. The third kappa shape index (κ3) is 4.69. The van der Waals surface area contributed by atoms with Crippen LogP contribution in [0.3, 0.4) is 0 Å². The number of ether oxygens (including phenoxy) is 2. The Bertz CT molecular complexity index is 1070. The summed E-state index contributed by atoms with van der Waals surface area (Å²) in [4.78, 5) is 22.0. The van der Waals surface area contributed by atoms with Gasteiger partial charge < -0.3 is 14.4 Å². The highest BCUT2D eigenvalue weighted by Crippen LogP contribution is 2.34. The van der Waals surface area contributed by atoms with Crippen molar-refractivity contribution < 1.29 is 14.3 Å². The number of nitrogens with zero attached hydrogens (tertiary/aromatic N) is 3. The minimum atomic E-state index is 0. The van der Waals surface area contributed by atoms with Crippen molar-refractivity contribution in [3.8, 4) is 11.5 Å². The Morgan fingerprint density at radius 2 is 1.87 bits per heavy atom. The normalized spacial score (nSPS) is 12.3. The van der Waals surface area contributed by atoms with Crippen LogP contribution in [0, 0.1) is 13.8 Å². The van der Waals surface area contributed by atoms with Crippen molar-refractivity contribution in [3.63, 3.8) is 0 Å². The molecule has 160 valence electrons. The summed E-state index contributed by atoms with van der Waals surface area (Å²) in [6.07, 6.45) is 0.290. The van der Waals surface area contributed by atoms with Crippen molar-refractivity contribution in [2.24, 2.45) is 0 Å². The molecule has 3 aromatic rings. The molecule has 1 aromatic heterocycles. The van der Waals surface area contributed by atoms with Crippen LogP contribution in [0.5, 0.6) is 11.5 Å². The number of thiazole rings is 1. The monoisotopic (exact) mass is 447 g/mol. The number of rotatable bonds is 6. The van der Waals surface area contributed by atoms with E-state index >= 15 is 0 Å². The lowest BCUT2D eigenvalue weighted by atomic mass is 10.1. The van der Waals surface area contributed by atoms with Crippen molar-refractivity contribution >= 4 is 45.0 Å². The maximum Gasteiger partial charge on any atom is 0.233 e. The second-order valence-electron chi connectivity index (χ2n) is 7.64. The molecule has 0 saturated carbocycles. The predicted octanol–water partition coefficient (Wildman–Crippen LogP) is 4.20. The molecule has 30 heavy (non-hydrogen) atoms. The van der Waals surface area contributed by atoms with E-state index in [1.807, 2.05) is 37.2 Å². The van der Waals surface area contributed by atoms with Gasteiger partial charge >= 0.3 is 0 Å². The second-order valence-corrected chi connectivity index (χ2v) is 8.65. The lowest BCUT2D eigenvalue weighted by Crippen LogP contribution is -2.37. The molecule has 0 bridgehead atoms. The molecule has 0 atom stereocenters. The first kappa shape index (κ1) is 22.3. The minimum absolute atomic E-state index is 0. The minimum Gasteiger partial charge on any atom is -0.454 e. The van der Waals surface area contributed by atoms with Crippen molar-refractivity contribution in [2.45, 2.75) is 20.3 Å². The Morgan fingerprint density at radius 1 is 1.10 bits per heavy atom. The molecular formula is C22H26ClN3O3S. The molecular weight excluding hydrogens is 422 g/mol. The van der Waals surface area contributed by atoms with E-state index in [-0.39, 0.29) is 31.5 Å². The van der Waals surface area contributed by atoms with Gasteiger partial charge in [0.1, 0.15) is 0 Å². The maximum absolute atomic E-state index is 13.3. The van der Waals surface area contributed by atoms with Crippen LogP contribution in [0.1, 0.15) is 16.7 Å². The van der Waals surface area contributed by atoms with Crippen LogP contribution in [0.25, 0.3) is 10.2 Å². The van der Waals surface area contributed by atoms with Crippen LogP contribution < -0.4 is 14.4 Å². The van der Waals surface area contributed by atoms with Gasteiger partial charge in [-0.3, -0.25) is 9.69 Å². The van der Waals surface area contributed by atoms with Gasteiger partial charge in [0, 0.05) is 13.1 Å². The molecule has 2 aromatic carbocycles. The fourth-order valence-electron chi connectivity index (χ4n) is 3.42. The van der Waals surface area contributed by atoms with Crippen molar-refractivity contribution in [1.29, 1.82) is 0 Å². The first-order valence-corrected chi connectivity index (χ1v) is 10.4. The van der Waals surface area contributed by atoms with Gasteiger partial charge in [0.25, 0.3) is 0 Å². The lowest BCUT2D eigenvalue weighted by Gasteiger charge is -2.22.